The van der Waals surface area contributed by atoms with Crippen molar-refractivity contribution in [2.45, 2.75) is 0 Å². The Hall–Kier alpha value is -3.59. The van der Waals surface area contributed by atoms with Gasteiger partial charge in [-0.3, -0.25) is 5.32 Å². The zero-order chi connectivity index (χ0) is 19.0. The number of rotatable bonds is 6. The lowest BCUT2D eigenvalue weighted by atomic mass is 10.2. The van der Waals surface area contributed by atoms with E-state index in [0.29, 0.717) is 28.3 Å². The average Bonchev–Trinajstić information content (AvgIpc) is 3.20. The van der Waals surface area contributed by atoms with Crippen LogP contribution in [0, 0.1) is 0 Å². The maximum Gasteiger partial charge on any atom is 0.335 e. The van der Waals surface area contributed by atoms with E-state index < -0.39 is 5.97 Å². The van der Waals surface area contributed by atoms with Crippen molar-refractivity contribution in [3.63, 3.8) is 0 Å². The molecule has 9 nitrogen and oxygen atoms in total. The molecule has 3 N–H and O–H groups in total. The van der Waals surface area contributed by atoms with Crippen molar-refractivity contribution in [2.24, 2.45) is 7.05 Å². The van der Waals surface area contributed by atoms with Crippen molar-refractivity contribution in [1.29, 1.82) is 0 Å². The molecular formula is C18H16N4O5. The molecule has 138 valence electrons. The predicted octanol–water partition coefficient (Wildman–Crippen LogP) is 2.53. The van der Waals surface area contributed by atoms with Crippen molar-refractivity contribution in [3.05, 3.63) is 42.0 Å². The second-order valence-corrected chi connectivity index (χ2v) is 5.85. The number of aliphatic hydroxyl groups excluding tert-OH is 1. The van der Waals surface area contributed by atoms with E-state index in [4.69, 9.17) is 19.4 Å². The molecule has 27 heavy (non-hydrogen) atoms. The van der Waals surface area contributed by atoms with Crippen molar-refractivity contribution in [2.75, 3.05) is 18.5 Å². The molecular weight excluding hydrogens is 352 g/mol. The molecule has 2 heterocycles. The highest BCUT2D eigenvalue weighted by Crippen LogP contribution is 2.27. The van der Waals surface area contributed by atoms with Gasteiger partial charge in [-0.25, -0.2) is 9.78 Å². The number of hydrogen-bond donors (Lipinski definition) is 3. The number of aromatic carboxylic acids is 1. The first-order valence-corrected chi connectivity index (χ1v) is 8.16. The van der Waals surface area contributed by atoms with Gasteiger partial charge in [0, 0.05) is 13.1 Å². The highest BCUT2D eigenvalue weighted by molar-refractivity contribution is 5.93. The van der Waals surface area contributed by atoms with E-state index in [1.165, 1.54) is 12.1 Å². The molecule has 2 aromatic heterocycles. The SMILES string of the molecule is Cn1c(Nc2nc3ccc(OCCO)cc3o2)nc2cc(C(=O)O)ccc21. The number of ether oxygens (including phenoxy) is 1. The second kappa shape index (κ2) is 6.61. The standard InChI is InChI=1S/C18H16N4O5/c1-22-14-5-2-10(16(24)25)8-13(14)19-17(22)21-18-20-12-4-3-11(26-7-6-23)9-15(12)27-18/h2-5,8-9,23H,6-7H2,1H3,(H,24,25)(H,19,20,21). The number of anilines is 2. The van der Waals surface area contributed by atoms with Crippen molar-refractivity contribution in [3.8, 4) is 5.75 Å². The number of fused-ring (bicyclic) bond motifs is 2. The summed E-state index contributed by atoms with van der Waals surface area (Å²) in [4.78, 5) is 19.9. The van der Waals surface area contributed by atoms with Crippen LogP contribution in [0.1, 0.15) is 10.4 Å². The molecule has 0 saturated carbocycles. The number of nitrogens with one attached hydrogen (secondary N) is 1. The van der Waals surface area contributed by atoms with Crippen LogP contribution >= 0.6 is 0 Å². The van der Waals surface area contributed by atoms with Crippen LogP contribution in [-0.4, -0.2) is 43.9 Å². The van der Waals surface area contributed by atoms with E-state index >= 15 is 0 Å². The van der Waals surface area contributed by atoms with Crippen LogP contribution < -0.4 is 10.1 Å². The number of aromatic nitrogens is 3. The summed E-state index contributed by atoms with van der Waals surface area (Å²) in [6, 6.07) is 10.2. The molecule has 0 spiro atoms. The Bertz CT molecular complexity index is 1150. The molecule has 0 fully saturated rings. The first kappa shape index (κ1) is 16.9. The fraction of sp³-hybridized carbons (Fsp3) is 0.167. The lowest BCUT2D eigenvalue weighted by molar-refractivity contribution is 0.0697. The van der Waals surface area contributed by atoms with Crippen LogP contribution in [0.3, 0.4) is 0 Å². The molecule has 4 aromatic rings. The van der Waals surface area contributed by atoms with Gasteiger partial charge in [0.2, 0.25) is 5.95 Å². The maximum absolute atomic E-state index is 11.1. The van der Waals surface area contributed by atoms with Crippen molar-refractivity contribution < 1.29 is 24.2 Å². The highest BCUT2D eigenvalue weighted by atomic mass is 16.5. The number of aryl methyl sites for hydroxylation is 1. The summed E-state index contributed by atoms with van der Waals surface area (Å²) in [5.74, 6) is 0.0364. The first-order valence-electron chi connectivity index (χ1n) is 8.16. The van der Waals surface area contributed by atoms with E-state index in [1.54, 1.807) is 28.8 Å². The highest BCUT2D eigenvalue weighted by Gasteiger charge is 2.14. The molecule has 0 amide bonds. The smallest absolute Gasteiger partial charge is 0.335 e. The molecule has 2 aromatic carbocycles. The molecule has 0 unspecified atom stereocenters. The quantitative estimate of drug-likeness (QED) is 0.474. The lowest BCUT2D eigenvalue weighted by Gasteiger charge is -2.02. The number of benzene rings is 2. The number of carbonyl (C=O) groups is 1. The Morgan fingerprint density at radius 2 is 2.07 bits per heavy atom. The van der Waals surface area contributed by atoms with Gasteiger partial charge in [-0.15, -0.1) is 0 Å². The maximum atomic E-state index is 11.1. The van der Waals surface area contributed by atoms with Gasteiger partial charge in [-0.2, -0.15) is 4.98 Å². The Morgan fingerprint density at radius 3 is 2.85 bits per heavy atom. The number of carboxylic acid groups (broad SMARTS) is 1. The van der Waals surface area contributed by atoms with Crippen LogP contribution in [0.25, 0.3) is 22.1 Å². The number of oxazole rings is 1. The molecule has 0 radical (unpaired) electrons. The summed E-state index contributed by atoms with van der Waals surface area (Å²) < 4.78 is 12.8. The first-order chi connectivity index (χ1) is 13.0. The normalized spacial score (nSPS) is 11.2. The second-order valence-electron chi connectivity index (χ2n) is 5.85. The van der Waals surface area contributed by atoms with Crippen LogP contribution in [0.5, 0.6) is 5.75 Å². The van der Waals surface area contributed by atoms with E-state index in [-0.39, 0.29) is 24.8 Å². The van der Waals surface area contributed by atoms with Crippen molar-refractivity contribution in [1.82, 2.24) is 14.5 Å². The van der Waals surface area contributed by atoms with Gasteiger partial charge >= 0.3 is 12.0 Å². The van der Waals surface area contributed by atoms with Crippen LogP contribution in [0.2, 0.25) is 0 Å². The summed E-state index contributed by atoms with van der Waals surface area (Å²) in [5, 5.41) is 21.0. The largest absolute Gasteiger partial charge is 0.491 e. The number of nitrogens with zero attached hydrogens (tertiary/aromatic N) is 3. The number of carboxylic acids is 1. The van der Waals surface area contributed by atoms with Gasteiger partial charge in [0.1, 0.15) is 17.9 Å². The van der Waals surface area contributed by atoms with E-state index in [9.17, 15) is 4.79 Å². The van der Waals surface area contributed by atoms with Crippen LogP contribution in [0.4, 0.5) is 12.0 Å². The minimum atomic E-state index is -1.00. The molecule has 0 saturated heterocycles. The van der Waals surface area contributed by atoms with Crippen LogP contribution in [0.15, 0.2) is 40.8 Å². The Kier molecular flexibility index (Phi) is 4.13. The van der Waals surface area contributed by atoms with Gasteiger partial charge in [0.05, 0.1) is 23.2 Å². The summed E-state index contributed by atoms with van der Waals surface area (Å²) in [6.07, 6.45) is 0. The van der Waals surface area contributed by atoms with E-state index in [1.807, 2.05) is 7.05 Å². The zero-order valence-corrected chi connectivity index (χ0v) is 14.3. The molecule has 4 rings (SSSR count). The third-order valence-corrected chi connectivity index (χ3v) is 4.07. The lowest BCUT2D eigenvalue weighted by Crippen LogP contribution is -2.01. The molecule has 0 aliphatic rings. The van der Waals surface area contributed by atoms with Crippen LogP contribution in [-0.2, 0) is 7.05 Å². The molecule has 9 heteroatoms. The monoisotopic (exact) mass is 368 g/mol. The summed E-state index contributed by atoms with van der Waals surface area (Å²) in [7, 11) is 1.81. The average molecular weight is 368 g/mol. The van der Waals surface area contributed by atoms with Gasteiger partial charge in [0.25, 0.3) is 0 Å². The minimum absolute atomic E-state index is 0.0719. The molecule has 0 atom stereocenters. The third-order valence-electron chi connectivity index (χ3n) is 4.07. The number of hydrogen-bond acceptors (Lipinski definition) is 7. The summed E-state index contributed by atoms with van der Waals surface area (Å²) in [6.45, 7) is 0.125. The van der Waals surface area contributed by atoms with Gasteiger partial charge in [0.15, 0.2) is 5.58 Å². The molecule has 0 aliphatic heterocycles. The minimum Gasteiger partial charge on any atom is -0.491 e. The van der Waals surface area contributed by atoms with E-state index in [2.05, 4.69) is 15.3 Å². The van der Waals surface area contributed by atoms with E-state index in [0.717, 1.165) is 5.52 Å². The predicted molar refractivity (Wildman–Crippen MR) is 97.5 cm³/mol. The number of aliphatic hydroxyl groups is 1. The Balaban J connectivity index is 1.65. The van der Waals surface area contributed by atoms with Gasteiger partial charge < -0.3 is 23.9 Å². The third kappa shape index (κ3) is 3.15. The zero-order valence-electron chi connectivity index (χ0n) is 14.3. The summed E-state index contributed by atoms with van der Waals surface area (Å²) >= 11 is 0. The Labute approximate surface area is 152 Å². The molecule has 0 bridgehead atoms. The summed E-state index contributed by atoms with van der Waals surface area (Å²) in [5.41, 5.74) is 2.67. The number of imidazole rings is 1. The fourth-order valence-electron chi connectivity index (χ4n) is 2.75. The fourth-order valence-corrected chi connectivity index (χ4v) is 2.75. The topological polar surface area (TPSA) is 123 Å². The molecule has 0 aliphatic carbocycles. The van der Waals surface area contributed by atoms with Gasteiger partial charge in [-0.05, 0) is 30.3 Å². The van der Waals surface area contributed by atoms with Gasteiger partial charge in [-0.1, -0.05) is 0 Å². The Morgan fingerprint density at radius 1 is 1.22 bits per heavy atom. The van der Waals surface area contributed by atoms with Crippen molar-refractivity contribution >= 4 is 40.1 Å².